The topological polar surface area (TPSA) is 26.3 Å². The van der Waals surface area contributed by atoms with Gasteiger partial charge in [-0.2, -0.15) is 0 Å². The summed E-state index contributed by atoms with van der Waals surface area (Å²) in [6.45, 7) is 8.46. The van der Waals surface area contributed by atoms with Crippen molar-refractivity contribution in [3.05, 3.63) is 12.7 Å². The van der Waals surface area contributed by atoms with Gasteiger partial charge in [-0.1, -0.05) is 33.3 Å². The van der Waals surface area contributed by atoms with Crippen LogP contribution in [-0.2, 0) is 9.53 Å². The summed E-state index contributed by atoms with van der Waals surface area (Å²) in [6, 6.07) is 0. The minimum absolute atomic E-state index is 0.287. The second-order valence-electron chi connectivity index (χ2n) is 4.51. The summed E-state index contributed by atoms with van der Waals surface area (Å²) in [5.41, 5.74) is 0. The third-order valence-electron chi connectivity index (χ3n) is 3.65. The summed E-state index contributed by atoms with van der Waals surface area (Å²) < 4.78 is 5.14. The number of hydrogen-bond acceptors (Lipinski definition) is 2. The number of rotatable bonds is 5. The van der Waals surface area contributed by atoms with Gasteiger partial charge < -0.3 is 4.74 Å². The lowest BCUT2D eigenvalue weighted by Crippen LogP contribution is -2.16. The molecule has 2 nitrogen and oxygen atoms in total. The molecule has 1 aliphatic rings. The van der Waals surface area contributed by atoms with Crippen LogP contribution in [0.5, 0.6) is 0 Å². The van der Waals surface area contributed by atoms with Gasteiger partial charge in [0.2, 0.25) is 0 Å². The molecule has 15 heavy (non-hydrogen) atoms. The molecule has 0 bridgehead atoms. The van der Waals surface area contributed by atoms with E-state index in [-0.39, 0.29) is 5.97 Å². The summed E-state index contributed by atoms with van der Waals surface area (Å²) in [6.07, 6.45) is 6.23. The van der Waals surface area contributed by atoms with Gasteiger partial charge in [0.1, 0.15) is 0 Å². The van der Waals surface area contributed by atoms with Crippen LogP contribution in [0.3, 0.4) is 0 Å². The molecule has 86 valence electrons. The maximum Gasteiger partial charge on any atom is 0.330 e. The molecule has 1 fully saturated rings. The molecule has 1 saturated carbocycles. The van der Waals surface area contributed by atoms with Gasteiger partial charge >= 0.3 is 5.97 Å². The molecule has 2 heteroatoms. The van der Waals surface area contributed by atoms with E-state index in [9.17, 15) is 4.79 Å². The summed E-state index contributed by atoms with van der Waals surface area (Å²) in [5.74, 6) is 1.86. The Hall–Kier alpha value is -0.790. The monoisotopic (exact) mass is 210 g/mol. The second-order valence-corrected chi connectivity index (χ2v) is 4.51. The van der Waals surface area contributed by atoms with E-state index in [2.05, 4.69) is 20.4 Å². The standard InChI is InChI=1S/C13H22O2/c1-4-10-7-11(5-2)12(8-10)9-15-13(14)6-3/h6,10-12H,3-5,7-9H2,1-2H3. The van der Waals surface area contributed by atoms with Crippen LogP contribution in [0.25, 0.3) is 0 Å². The predicted octanol–water partition coefficient (Wildman–Crippen LogP) is 3.18. The maximum absolute atomic E-state index is 11.0. The Morgan fingerprint density at radius 2 is 2.00 bits per heavy atom. The Kier molecular flexibility index (Phi) is 4.86. The number of ether oxygens (including phenoxy) is 1. The lowest BCUT2D eigenvalue weighted by Gasteiger charge is -2.16. The van der Waals surface area contributed by atoms with E-state index >= 15 is 0 Å². The third kappa shape index (κ3) is 3.37. The van der Waals surface area contributed by atoms with Crippen LogP contribution >= 0.6 is 0 Å². The molecule has 3 atom stereocenters. The Morgan fingerprint density at radius 3 is 2.53 bits per heavy atom. The van der Waals surface area contributed by atoms with E-state index in [0.29, 0.717) is 12.5 Å². The van der Waals surface area contributed by atoms with Crippen molar-refractivity contribution in [2.75, 3.05) is 6.61 Å². The highest BCUT2D eigenvalue weighted by atomic mass is 16.5. The predicted molar refractivity (Wildman–Crippen MR) is 61.4 cm³/mol. The first-order chi connectivity index (χ1) is 7.21. The third-order valence-corrected chi connectivity index (χ3v) is 3.65. The van der Waals surface area contributed by atoms with Crippen molar-refractivity contribution in [3.63, 3.8) is 0 Å². The lowest BCUT2D eigenvalue weighted by molar-refractivity contribution is -0.139. The van der Waals surface area contributed by atoms with Gasteiger partial charge in [-0.15, -0.1) is 0 Å². The quantitative estimate of drug-likeness (QED) is 0.514. The first-order valence-corrected chi connectivity index (χ1v) is 6.00. The van der Waals surface area contributed by atoms with E-state index in [0.717, 1.165) is 11.8 Å². The zero-order valence-corrected chi connectivity index (χ0v) is 9.87. The molecule has 0 heterocycles. The zero-order valence-electron chi connectivity index (χ0n) is 9.87. The van der Waals surface area contributed by atoms with Gasteiger partial charge in [-0.05, 0) is 30.6 Å². The van der Waals surface area contributed by atoms with E-state index in [4.69, 9.17) is 4.74 Å². The van der Waals surface area contributed by atoms with E-state index in [1.165, 1.54) is 31.8 Å². The summed E-state index contributed by atoms with van der Waals surface area (Å²) >= 11 is 0. The Balaban J connectivity index is 2.39. The van der Waals surface area contributed by atoms with Crippen LogP contribution in [0.1, 0.15) is 39.5 Å². The molecule has 1 rings (SSSR count). The smallest absolute Gasteiger partial charge is 0.330 e. The molecule has 0 N–H and O–H groups in total. The molecular formula is C13H22O2. The van der Waals surface area contributed by atoms with Crippen LogP contribution in [0, 0.1) is 17.8 Å². The van der Waals surface area contributed by atoms with Crippen molar-refractivity contribution in [3.8, 4) is 0 Å². The molecular weight excluding hydrogens is 188 g/mol. The van der Waals surface area contributed by atoms with Gasteiger partial charge in [0.15, 0.2) is 0 Å². The fourth-order valence-corrected chi connectivity index (χ4v) is 2.62. The molecule has 3 unspecified atom stereocenters. The van der Waals surface area contributed by atoms with Crippen LogP contribution in [0.15, 0.2) is 12.7 Å². The molecule has 1 aliphatic carbocycles. The van der Waals surface area contributed by atoms with Crippen molar-refractivity contribution in [1.29, 1.82) is 0 Å². The molecule has 0 spiro atoms. The SMILES string of the molecule is C=CC(=O)OCC1CC(CC)CC1CC. The number of hydrogen-bond donors (Lipinski definition) is 0. The summed E-state index contributed by atoms with van der Waals surface area (Å²) in [4.78, 5) is 11.0. The Labute approximate surface area is 92.7 Å². The first-order valence-electron chi connectivity index (χ1n) is 6.00. The van der Waals surface area contributed by atoms with Crippen LogP contribution < -0.4 is 0 Å². The largest absolute Gasteiger partial charge is 0.462 e. The number of carbonyl (C=O) groups excluding carboxylic acids is 1. The highest BCUT2D eigenvalue weighted by Gasteiger charge is 2.32. The number of esters is 1. The minimum atomic E-state index is -0.287. The average Bonchev–Trinajstić information content (AvgIpc) is 2.68. The Bertz CT molecular complexity index is 223. The molecule has 0 aliphatic heterocycles. The van der Waals surface area contributed by atoms with E-state index in [1.807, 2.05) is 0 Å². The fraction of sp³-hybridized carbons (Fsp3) is 0.769. The van der Waals surface area contributed by atoms with Gasteiger partial charge in [0, 0.05) is 6.08 Å². The molecule has 0 aromatic carbocycles. The lowest BCUT2D eigenvalue weighted by atomic mass is 9.94. The van der Waals surface area contributed by atoms with Crippen molar-refractivity contribution < 1.29 is 9.53 Å². The van der Waals surface area contributed by atoms with E-state index < -0.39 is 0 Å². The van der Waals surface area contributed by atoms with Gasteiger partial charge in [0.05, 0.1) is 6.61 Å². The van der Waals surface area contributed by atoms with Crippen molar-refractivity contribution >= 4 is 5.97 Å². The molecule has 0 amide bonds. The van der Waals surface area contributed by atoms with Crippen molar-refractivity contribution in [2.24, 2.45) is 17.8 Å². The van der Waals surface area contributed by atoms with Crippen LogP contribution in [0.4, 0.5) is 0 Å². The van der Waals surface area contributed by atoms with Crippen molar-refractivity contribution in [2.45, 2.75) is 39.5 Å². The van der Waals surface area contributed by atoms with E-state index in [1.54, 1.807) is 0 Å². The highest BCUT2D eigenvalue weighted by Crippen LogP contribution is 2.39. The summed E-state index contributed by atoms with van der Waals surface area (Å²) in [5, 5.41) is 0. The maximum atomic E-state index is 11.0. The molecule has 0 radical (unpaired) electrons. The highest BCUT2D eigenvalue weighted by molar-refractivity contribution is 5.81. The molecule has 0 aromatic rings. The van der Waals surface area contributed by atoms with Gasteiger partial charge in [-0.25, -0.2) is 4.79 Å². The van der Waals surface area contributed by atoms with Crippen molar-refractivity contribution in [1.82, 2.24) is 0 Å². The van der Waals surface area contributed by atoms with Crippen LogP contribution in [0.2, 0.25) is 0 Å². The zero-order chi connectivity index (χ0) is 11.3. The first kappa shape index (κ1) is 12.3. The summed E-state index contributed by atoms with van der Waals surface area (Å²) in [7, 11) is 0. The van der Waals surface area contributed by atoms with Gasteiger partial charge in [0.25, 0.3) is 0 Å². The van der Waals surface area contributed by atoms with Crippen LogP contribution in [-0.4, -0.2) is 12.6 Å². The minimum Gasteiger partial charge on any atom is -0.462 e. The number of carbonyl (C=O) groups is 1. The average molecular weight is 210 g/mol. The molecule has 0 aromatic heterocycles. The second kappa shape index (κ2) is 5.94. The Morgan fingerprint density at radius 1 is 1.33 bits per heavy atom. The normalized spacial score (nSPS) is 30.1. The molecule has 0 saturated heterocycles. The fourth-order valence-electron chi connectivity index (χ4n) is 2.62. The van der Waals surface area contributed by atoms with Gasteiger partial charge in [-0.3, -0.25) is 0 Å².